The van der Waals surface area contributed by atoms with Crippen LogP contribution in [0, 0.1) is 0 Å². The van der Waals surface area contributed by atoms with Crippen LogP contribution in [0.2, 0.25) is 10.0 Å². The van der Waals surface area contributed by atoms with E-state index >= 15 is 0 Å². The van der Waals surface area contributed by atoms with Gasteiger partial charge in [0, 0.05) is 39.9 Å². The topological polar surface area (TPSA) is 180 Å². The highest BCUT2D eigenvalue weighted by Gasteiger charge is 2.54. The van der Waals surface area contributed by atoms with Crippen molar-refractivity contribution in [1.29, 1.82) is 0 Å². The molecule has 0 aliphatic carbocycles. The molecule has 2 aliphatic rings. The number of carboxylic acid groups (broad SMARTS) is 2. The van der Waals surface area contributed by atoms with Gasteiger partial charge >= 0.3 is 11.9 Å². The summed E-state index contributed by atoms with van der Waals surface area (Å²) in [6.45, 7) is 0.621. The number of halogens is 2. The molecular weight excluding hydrogens is 645 g/mol. The molecule has 0 unspecified atom stereocenters. The lowest BCUT2D eigenvalue weighted by Crippen LogP contribution is -2.70. The molecule has 0 spiro atoms. The Morgan fingerprint density at radius 2 is 1.81 bits per heavy atom. The van der Waals surface area contributed by atoms with Gasteiger partial charge < -0.3 is 27.0 Å². The second-order valence-electron chi connectivity index (χ2n) is 9.45. The number of thioether (sulfide) groups is 3. The first kappa shape index (κ1) is 32.3. The van der Waals surface area contributed by atoms with Crippen LogP contribution in [0.5, 0.6) is 0 Å². The SMILES string of the molecule is Nc1c(Cl)cc(SCC(=O)N[C@@H]2C(=O)N3C(C(=O)O)=C(CSc4cc[n+](CCC[C@H](N)C(=O)O)cc4)CS[C@H]23)cc1Cl. The van der Waals surface area contributed by atoms with E-state index in [4.69, 9.17) is 39.8 Å². The maximum atomic E-state index is 13.0. The van der Waals surface area contributed by atoms with Crippen LogP contribution in [0.15, 0.2) is 57.7 Å². The van der Waals surface area contributed by atoms with Crippen molar-refractivity contribution < 1.29 is 34.0 Å². The maximum absolute atomic E-state index is 13.0. The number of nitrogens with one attached hydrogen (secondary N) is 1. The zero-order chi connectivity index (χ0) is 30.6. The number of β-lactam (4-membered cyclic amide) rings is 1. The fraction of sp³-hybridized carbons (Fsp3) is 0.346. The molecule has 4 rings (SSSR count). The van der Waals surface area contributed by atoms with Crippen molar-refractivity contribution in [2.45, 2.75) is 46.6 Å². The van der Waals surface area contributed by atoms with Gasteiger partial charge in [-0.2, -0.15) is 0 Å². The molecule has 1 fully saturated rings. The van der Waals surface area contributed by atoms with E-state index in [2.05, 4.69) is 5.32 Å². The summed E-state index contributed by atoms with van der Waals surface area (Å²) in [7, 11) is 0. The molecule has 3 heterocycles. The van der Waals surface area contributed by atoms with Crippen LogP contribution >= 0.6 is 58.5 Å². The molecule has 0 radical (unpaired) electrons. The predicted molar refractivity (Wildman–Crippen MR) is 163 cm³/mol. The van der Waals surface area contributed by atoms with Crippen LogP contribution in [-0.4, -0.2) is 73.6 Å². The molecule has 2 amide bonds. The largest absolute Gasteiger partial charge is 0.480 e. The summed E-state index contributed by atoms with van der Waals surface area (Å²) < 4.78 is 1.92. The van der Waals surface area contributed by atoms with Crippen LogP contribution in [0.4, 0.5) is 5.69 Å². The van der Waals surface area contributed by atoms with Crippen molar-refractivity contribution in [3.63, 3.8) is 0 Å². The van der Waals surface area contributed by atoms with Gasteiger partial charge in [0.2, 0.25) is 5.91 Å². The number of aliphatic carboxylic acids is 2. The normalized spacial score (nSPS) is 18.7. The highest BCUT2D eigenvalue weighted by molar-refractivity contribution is 8.01. The highest BCUT2D eigenvalue weighted by atomic mass is 35.5. The van der Waals surface area contributed by atoms with E-state index in [9.17, 15) is 24.3 Å². The quantitative estimate of drug-likeness (QED) is 0.0914. The lowest BCUT2D eigenvalue weighted by molar-refractivity contribution is -0.697. The molecule has 1 aromatic carbocycles. The molecule has 7 N–H and O–H groups in total. The number of aryl methyl sites for hydroxylation is 1. The number of fused-ring (bicyclic) bond motifs is 1. The van der Waals surface area contributed by atoms with Gasteiger partial charge in [-0.25, -0.2) is 9.36 Å². The Bertz CT molecular complexity index is 1400. The molecule has 42 heavy (non-hydrogen) atoms. The van der Waals surface area contributed by atoms with Gasteiger partial charge in [-0.1, -0.05) is 23.2 Å². The smallest absolute Gasteiger partial charge is 0.352 e. The van der Waals surface area contributed by atoms with Gasteiger partial charge in [0.15, 0.2) is 12.4 Å². The highest BCUT2D eigenvalue weighted by Crippen LogP contribution is 2.41. The van der Waals surface area contributed by atoms with Crippen molar-refractivity contribution in [1.82, 2.24) is 10.2 Å². The van der Waals surface area contributed by atoms with Crippen LogP contribution in [0.25, 0.3) is 0 Å². The Labute approximate surface area is 264 Å². The minimum atomic E-state index is -1.19. The summed E-state index contributed by atoms with van der Waals surface area (Å²) >= 11 is 16.1. The molecule has 1 saturated heterocycles. The summed E-state index contributed by atoms with van der Waals surface area (Å²) in [5, 5.41) is 21.6. The van der Waals surface area contributed by atoms with Crippen LogP contribution in [0.1, 0.15) is 12.8 Å². The number of anilines is 1. The Balaban J connectivity index is 1.31. The molecule has 3 atom stereocenters. The Hall–Kier alpha value is -2.62. The summed E-state index contributed by atoms with van der Waals surface area (Å²) in [6.07, 6.45) is 4.73. The molecule has 2 aliphatic heterocycles. The fourth-order valence-corrected chi connectivity index (χ4v) is 8.05. The Kier molecular flexibility index (Phi) is 10.9. The number of amides is 2. The summed E-state index contributed by atoms with van der Waals surface area (Å²) in [5.74, 6) is -2.26. The molecule has 2 aromatic rings. The van der Waals surface area contributed by atoms with Crippen LogP contribution in [-0.2, 0) is 25.7 Å². The summed E-state index contributed by atoms with van der Waals surface area (Å²) in [4.78, 5) is 51.4. The molecular formula is C26H28Cl2N5O6S3+. The maximum Gasteiger partial charge on any atom is 0.352 e. The van der Waals surface area contributed by atoms with Crippen molar-refractivity contribution >= 4 is 87.9 Å². The zero-order valence-electron chi connectivity index (χ0n) is 22.0. The van der Waals surface area contributed by atoms with E-state index in [0.717, 1.165) is 4.90 Å². The Morgan fingerprint density at radius 3 is 2.43 bits per heavy atom. The van der Waals surface area contributed by atoms with Crippen molar-refractivity contribution in [3.8, 4) is 0 Å². The number of hydrogen-bond donors (Lipinski definition) is 5. The van der Waals surface area contributed by atoms with Crippen LogP contribution in [0.3, 0.4) is 0 Å². The first-order chi connectivity index (χ1) is 20.0. The number of hydrogen-bond acceptors (Lipinski definition) is 9. The second-order valence-corrected chi connectivity index (χ2v) is 13.5. The van der Waals surface area contributed by atoms with Gasteiger partial charge in [-0.15, -0.1) is 35.3 Å². The summed E-state index contributed by atoms with van der Waals surface area (Å²) in [5.41, 5.74) is 12.1. The number of aromatic nitrogens is 1. The minimum absolute atomic E-state index is 0.00814. The third kappa shape index (κ3) is 7.66. The fourth-order valence-electron chi connectivity index (χ4n) is 4.28. The minimum Gasteiger partial charge on any atom is -0.480 e. The number of nitrogen functional groups attached to an aromatic ring is 1. The standard InChI is InChI=1S/C26H27Cl2N5O6S3/c27-16-8-15(9-17(28)20(16)30)41-12-19(34)31-21-23(35)33-22(26(38)39)13(11-42-24(21)33)10-40-14-3-6-32(7-4-14)5-1-2-18(29)25(36)37/h3-4,6-9,18,21,24H,1-2,5,10-12,29-30H2,(H2-,31,34,36,37,38,39)/p+1/t18-,21+,24+/m0/s1. The number of carboxylic acids is 2. The lowest BCUT2D eigenvalue weighted by atomic mass is 10.0. The van der Waals surface area contributed by atoms with E-state index in [-0.39, 0.29) is 33.1 Å². The van der Waals surface area contributed by atoms with E-state index in [1.807, 2.05) is 29.1 Å². The average molecular weight is 674 g/mol. The molecule has 1 aromatic heterocycles. The summed E-state index contributed by atoms with van der Waals surface area (Å²) in [6, 6.07) is 5.30. The number of pyridine rings is 1. The molecule has 11 nitrogen and oxygen atoms in total. The van der Waals surface area contributed by atoms with Crippen molar-refractivity contribution in [2.24, 2.45) is 5.73 Å². The number of benzene rings is 1. The number of rotatable bonds is 13. The monoisotopic (exact) mass is 672 g/mol. The average Bonchev–Trinajstić information content (AvgIpc) is 2.96. The second kappa shape index (κ2) is 14.2. The number of nitrogens with two attached hydrogens (primary N) is 2. The first-order valence-electron chi connectivity index (χ1n) is 12.6. The van der Waals surface area contributed by atoms with Crippen molar-refractivity contribution in [3.05, 3.63) is 58.0 Å². The van der Waals surface area contributed by atoms with E-state index in [1.54, 1.807) is 12.1 Å². The lowest BCUT2D eigenvalue weighted by Gasteiger charge is -2.49. The van der Waals surface area contributed by atoms with Gasteiger partial charge in [0.05, 0.1) is 21.5 Å². The molecule has 0 saturated carbocycles. The zero-order valence-corrected chi connectivity index (χ0v) is 26.0. The van der Waals surface area contributed by atoms with Gasteiger partial charge in [0.1, 0.15) is 29.7 Å². The molecule has 224 valence electrons. The van der Waals surface area contributed by atoms with Gasteiger partial charge in [-0.3, -0.25) is 19.3 Å². The molecule has 16 heteroatoms. The Morgan fingerprint density at radius 1 is 1.14 bits per heavy atom. The third-order valence-corrected chi connectivity index (χ3v) is 10.5. The van der Waals surface area contributed by atoms with E-state index in [0.29, 0.717) is 41.4 Å². The first-order valence-corrected chi connectivity index (χ1v) is 16.4. The number of carbonyl (C=O) groups excluding carboxylic acids is 2. The predicted octanol–water partition coefficient (Wildman–Crippen LogP) is 2.68. The van der Waals surface area contributed by atoms with E-state index in [1.165, 1.54) is 40.2 Å². The van der Waals surface area contributed by atoms with Crippen molar-refractivity contribution in [2.75, 3.05) is 23.0 Å². The third-order valence-electron chi connectivity index (χ3n) is 6.51. The van der Waals surface area contributed by atoms with Gasteiger partial charge in [0.25, 0.3) is 5.91 Å². The van der Waals surface area contributed by atoms with Gasteiger partial charge in [-0.05, 0) is 24.1 Å². The number of carbonyl (C=O) groups is 4. The molecule has 0 bridgehead atoms. The van der Waals surface area contributed by atoms with E-state index < -0.39 is 35.3 Å². The van der Waals surface area contributed by atoms with Crippen LogP contribution < -0.4 is 21.4 Å². The number of nitrogens with zero attached hydrogens (tertiary/aromatic N) is 2.